The van der Waals surface area contributed by atoms with E-state index < -0.39 is 0 Å². The van der Waals surface area contributed by atoms with Gasteiger partial charge in [-0.25, -0.2) is 0 Å². The molecule has 0 radical (unpaired) electrons. The molecule has 0 aliphatic rings. The van der Waals surface area contributed by atoms with Crippen LogP contribution in [0.3, 0.4) is 0 Å². The van der Waals surface area contributed by atoms with Gasteiger partial charge >= 0.3 is 0 Å². The zero-order valence-corrected chi connectivity index (χ0v) is 10.1. The maximum atomic E-state index is 8.43. The molecule has 0 unspecified atom stereocenters. The Morgan fingerprint density at radius 2 is 1.43 bits per heavy atom. The molecule has 0 aromatic heterocycles. The van der Waals surface area contributed by atoms with E-state index in [1.165, 1.54) is 19.3 Å². The Kier molecular flexibility index (Phi) is 18.0. The van der Waals surface area contributed by atoms with E-state index >= 15 is 0 Å². The van der Waals surface area contributed by atoms with Crippen LogP contribution >= 0.6 is 0 Å². The maximum absolute atomic E-state index is 8.43. The summed E-state index contributed by atoms with van der Waals surface area (Å²) in [6.07, 6.45) is 6.79. The van der Waals surface area contributed by atoms with E-state index in [1.54, 1.807) is 0 Å². The fraction of sp³-hybridized carbons (Fsp3) is 1.00. The topological polar surface area (TPSA) is 40.5 Å². The Bertz CT molecular complexity index is 80.4. The van der Waals surface area contributed by atoms with Crippen molar-refractivity contribution in [3.8, 4) is 0 Å². The summed E-state index contributed by atoms with van der Waals surface area (Å²) < 4.78 is 0. The average Bonchev–Trinajstić information content (AvgIpc) is 2.15. The van der Waals surface area contributed by atoms with Crippen molar-refractivity contribution in [2.75, 3.05) is 13.2 Å². The highest BCUT2D eigenvalue weighted by Gasteiger charge is 1.92. The molecule has 88 valence electrons. The first-order chi connectivity index (χ1) is 6.68. The van der Waals surface area contributed by atoms with E-state index in [0.717, 1.165) is 25.2 Å². The van der Waals surface area contributed by atoms with Crippen LogP contribution in [0.4, 0.5) is 0 Å². The van der Waals surface area contributed by atoms with Crippen LogP contribution in [0.25, 0.3) is 0 Å². The van der Waals surface area contributed by atoms with Crippen LogP contribution in [-0.4, -0.2) is 23.4 Å². The van der Waals surface area contributed by atoms with Crippen molar-refractivity contribution in [2.45, 2.75) is 59.3 Å². The van der Waals surface area contributed by atoms with Gasteiger partial charge in [0, 0.05) is 13.2 Å². The van der Waals surface area contributed by atoms with Gasteiger partial charge in [-0.2, -0.15) is 0 Å². The SMILES string of the molecule is CC(C)CCCCCO.CCCCO. The third-order valence-electron chi connectivity index (χ3n) is 1.95. The van der Waals surface area contributed by atoms with Crippen LogP contribution in [0.5, 0.6) is 0 Å². The Balaban J connectivity index is 0. The Morgan fingerprint density at radius 3 is 1.71 bits per heavy atom. The van der Waals surface area contributed by atoms with E-state index in [-0.39, 0.29) is 0 Å². The second kappa shape index (κ2) is 15.4. The number of hydrogen-bond acceptors (Lipinski definition) is 2. The highest BCUT2D eigenvalue weighted by molar-refractivity contribution is 4.45. The second-order valence-electron chi connectivity index (χ2n) is 4.04. The minimum Gasteiger partial charge on any atom is -0.396 e. The van der Waals surface area contributed by atoms with Crippen molar-refractivity contribution >= 4 is 0 Å². The monoisotopic (exact) mass is 204 g/mol. The smallest absolute Gasteiger partial charge is 0.0431 e. The summed E-state index contributed by atoms with van der Waals surface area (Å²) in [5.41, 5.74) is 0. The zero-order valence-electron chi connectivity index (χ0n) is 10.1. The van der Waals surface area contributed by atoms with Crippen LogP contribution in [0.1, 0.15) is 59.3 Å². The molecule has 0 fully saturated rings. The molecule has 0 saturated heterocycles. The fourth-order valence-corrected chi connectivity index (χ4v) is 0.999. The molecule has 0 aliphatic heterocycles. The highest BCUT2D eigenvalue weighted by Crippen LogP contribution is 2.06. The number of aliphatic hydroxyl groups excluding tert-OH is 2. The van der Waals surface area contributed by atoms with Crippen molar-refractivity contribution in [2.24, 2.45) is 5.92 Å². The lowest BCUT2D eigenvalue weighted by molar-refractivity contribution is 0.281. The first-order valence-electron chi connectivity index (χ1n) is 5.90. The quantitative estimate of drug-likeness (QED) is 0.626. The Morgan fingerprint density at radius 1 is 0.857 bits per heavy atom. The first kappa shape index (κ1) is 16.4. The summed E-state index contributed by atoms with van der Waals surface area (Å²) in [6.45, 7) is 7.22. The fourth-order valence-electron chi connectivity index (χ4n) is 0.999. The van der Waals surface area contributed by atoms with Gasteiger partial charge in [-0.15, -0.1) is 0 Å². The summed E-state index contributed by atoms with van der Waals surface area (Å²) in [5.74, 6) is 0.823. The molecule has 14 heavy (non-hydrogen) atoms. The maximum Gasteiger partial charge on any atom is 0.0431 e. The predicted molar refractivity (Wildman–Crippen MR) is 62.4 cm³/mol. The van der Waals surface area contributed by atoms with Crippen molar-refractivity contribution in [1.82, 2.24) is 0 Å². The summed E-state index contributed by atoms with van der Waals surface area (Å²) in [7, 11) is 0. The number of hydrogen-bond donors (Lipinski definition) is 2. The molecule has 0 bridgehead atoms. The molecule has 0 atom stereocenters. The highest BCUT2D eigenvalue weighted by atomic mass is 16.3. The van der Waals surface area contributed by atoms with Crippen molar-refractivity contribution in [1.29, 1.82) is 0 Å². The molecule has 0 amide bonds. The Labute approximate surface area is 89.3 Å². The lowest BCUT2D eigenvalue weighted by atomic mass is 10.1. The molecule has 0 spiro atoms. The van der Waals surface area contributed by atoms with Crippen LogP contribution in [0.15, 0.2) is 0 Å². The van der Waals surface area contributed by atoms with Gasteiger partial charge < -0.3 is 10.2 Å². The Hall–Kier alpha value is -0.0800. The molecule has 0 saturated carbocycles. The van der Waals surface area contributed by atoms with E-state index in [0.29, 0.717) is 13.2 Å². The van der Waals surface area contributed by atoms with Crippen molar-refractivity contribution in [3.05, 3.63) is 0 Å². The summed E-state index contributed by atoms with van der Waals surface area (Å²) in [6, 6.07) is 0. The largest absolute Gasteiger partial charge is 0.396 e. The standard InChI is InChI=1S/C8H18O.C4H10O/c1-8(2)6-4-3-5-7-9;1-2-3-4-5/h8-9H,3-7H2,1-2H3;5H,2-4H2,1H3. The molecule has 2 heteroatoms. The van der Waals surface area contributed by atoms with Gasteiger partial charge in [0.1, 0.15) is 0 Å². The van der Waals surface area contributed by atoms with Crippen LogP contribution < -0.4 is 0 Å². The lowest BCUT2D eigenvalue weighted by Gasteiger charge is -2.01. The molecule has 0 rings (SSSR count). The lowest BCUT2D eigenvalue weighted by Crippen LogP contribution is -1.88. The van der Waals surface area contributed by atoms with Crippen LogP contribution in [0.2, 0.25) is 0 Å². The van der Waals surface area contributed by atoms with Gasteiger partial charge in [0.05, 0.1) is 0 Å². The summed E-state index contributed by atoms with van der Waals surface area (Å²) >= 11 is 0. The second-order valence-corrected chi connectivity index (χ2v) is 4.04. The average molecular weight is 204 g/mol. The molecule has 0 aromatic rings. The van der Waals surface area contributed by atoms with Crippen LogP contribution in [-0.2, 0) is 0 Å². The molecule has 2 N–H and O–H groups in total. The van der Waals surface area contributed by atoms with Gasteiger partial charge in [0.25, 0.3) is 0 Å². The van der Waals surface area contributed by atoms with Crippen LogP contribution in [0, 0.1) is 5.92 Å². The van der Waals surface area contributed by atoms with Gasteiger partial charge in [-0.3, -0.25) is 0 Å². The first-order valence-corrected chi connectivity index (χ1v) is 5.90. The summed E-state index contributed by atoms with van der Waals surface area (Å²) in [4.78, 5) is 0. The minimum atomic E-state index is 0.344. The van der Waals surface area contributed by atoms with Gasteiger partial charge in [0.15, 0.2) is 0 Å². The molecular weight excluding hydrogens is 176 g/mol. The number of rotatable bonds is 7. The third-order valence-corrected chi connectivity index (χ3v) is 1.95. The molecule has 0 aromatic carbocycles. The van der Waals surface area contributed by atoms with Gasteiger partial charge in [0.2, 0.25) is 0 Å². The normalized spacial score (nSPS) is 9.86. The van der Waals surface area contributed by atoms with E-state index in [2.05, 4.69) is 20.8 Å². The molecule has 0 aliphatic carbocycles. The molecule has 0 heterocycles. The molecule has 2 nitrogen and oxygen atoms in total. The number of unbranched alkanes of at least 4 members (excludes halogenated alkanes) is 3. The zero-order chi connectivity index (χ0) is 11.2. The van der Waals surface area contributed by atoms with Gasteiger partial charge in [-0.05, 0) is 18.8 Å². The molecular formula is C12H28O2. The minimum absolute atomic E-state index is 0.344. The predicted octanol–water partition coefficient (Wildman–Crippen LogP) is 2.97. The summed E-state index contributed by atoms with van der Waals surface area (Å²) in [5, 5.41) is 16.5. The third kappa shape index (κ3) is 22.7. The van der Waals surface area contributed by atoms with Crippen molar-refractivity contribution in [3.63, 3.8) is 0 Å². The van der Waals surface area contributed by atoms with E-state index in [1.807, 2.05) is 0 Å². The number of aliphatic hydroxyl groups is 2. The van der Waals surface area contributed by atoms with E-state index in [4.69, 9.17) is 10.2 Å². The van der Waals surface area contributed by atoms with E-state index in [9.17, 15) is 0 Å². The van der Waals surface area contributed by atoms with Gasteiger partial charge in [-0.1, -0.05) is 46.5 Å². The van der Waals surface area contributed by atoms with Crippen molar-refractivity contribution < 1.29 is 10.2 Å².